The van der Waals surface area contributed by atoms with Gasteiger partial charge in [-0.05, 0) is 55.7 Å². The largest absolute Gasteiger partial charge is 0.462 e. The molecule has 138 valence electrons. The highest BCUT2D eigenvalue weighted by Gasteiger charge is 2.31. The van der Waals surface area contributed by atoms with Gasteiger partial charge in [0, 0.05) is 31.2 Å². The van der Waals surface area contributed by atoms with Crippen LogP contribution in [-0.2, 0) is 11.8 Å². The minimum atomic E-state index is -0.340. The standard InChI is InChI=1S/C20H25N3O3/c1-3-14-26-19(24)15-8-10-16(11-9-15)21-20(25)23-13-5-7-18(23)17-6-4-12-22(17)2/h4,6,8-12,18H,3,5,7,13-14H2,1-2H3,(H,21,25)/t18-/m0/s1. The van der Waals surface area contributed by atoms with E-state index >= 15 is 0 Å². The Kier molecular flexibility index (Phi) is 5.61. The Balaban J connectivity index is 1.64. The third-order valence-corrected chi connectivity index (χ3v) is 4.65. The van der Waals surface area contributed by atoms with Crippen LogP contribution in [0.2, 0.25) is 0 Å². The fourth-order valence-corrected chi connectivity index (χ4v) is 3.30. The van der Waals surface area contributed by atoms with Gasteiger partial charge in [0.05, 0.1) is 18.2 Å². The molecule has 0 radical (unpaired) electrons. The lowest BCUT2D eigenvalue weighted by Crippen LogP contribution is -2.35. The first-order valence-corrected chi connectivity index (χ1v) is 9.06. The minimum Gasteiger partial charge on any atom is -0.462 e. The number of esters is 1. The highest BCUT2D eigenvalue weighted by Crippen LogP contribution is 2.32. The number of nitrogens with one attached hydrogen (secondary N) is 1. The SMILES string of the molecule is CCCOC(=O)c1ccc(NC(=O)N2CCC[C@H]2c2cccn2C)cc1. The van der Waals surface area contributed by atoms with Crippen molar-refractivity contribution < 1.29 is 14.3 Å². The predicted octanol–water partition coefficient (Wildman–Crippen LogP) is 3.96. The van der Waals surface area contributed by atoms with Crippen molar-refractivity contribution in [1.29, 1.82) is 0 Å². The molecule has 2 amide bonds. The van der Waals surface area contributed by atoms with E-state index in [1.165, 1.54) is 0 Å². The lowest BCUT2D eigenvalue weighted by molar-refractivity contribution is 0.0505. The number of benzene rings is 1. The molecule has 2 aromatic rings. The number of aryl methyl sites for hydroxylation is 1. The van der Waals surface area contributed by atoms with Crippen molar-refractivity contribution in [3.63, 3.8) is 0 Å². The number of hydrogen-bond acceptors (Lipinski definition) is 3. The van der Waals surface area contributed by atoms with Gasteiger partial charge in [-0.15, -0.1) is 0 Å². The number of rotatable bonds is 5. The first kappa shape index (κ1) is 18.0. The van der Waals surface area contributed by atoms with Gasteiger partial charge in [0.2, 0.25) is 0 Å². The van der Waals surface area contributed by atoms with Crippen molar-refractivity contribution >= 4 is 17.7 Å². The average Bonchev–Trinajstić information content (AvgIpc) is 3.28. The highest BCUT2D eigenvalue weighted by molar-refractivity contribution is 5.92. The van der Waals surface area contributed by atoms with Gasteiger partial charge in [-0.3, -0.25) is 0 Å². The Hall–Kier alpha value is -2.76. The maximum Gasteiger partial charge on any atom is 0.338 e. The molecule has 6 heteroatoms. The molecule has 0 saturated carbocycles. The van der Waals surface area contributed by atoms with Crippen molar-refractivity contribution in [3.8, 4) is 0 Å². The zero-order valence-electron chi connectivity index (χ0n) is 15.3. The third-order valence-electron chi connectivity index (χ3n) is 4.65. The molecule has 0 aliphatic carbocycles. The number of likely N-dealkylation sites (tertiary alicyclic amines) is 1. The first-order valence-electron chi connectivity index (χ1n) is 9.06. The number of ether oxygens (including phenoxy) is 1. The lowest BCUT2D eigenvalue weighted by Gasteiger charge is -2.25. The van der Waals surface area contributed by atoms with E-state index in [-0.39, 0.29) is 18.0 Å². The Bertz CT molecular complexity index is 767. The Morgan fingerprint density at radius 2 is 2.00 bits per heavy atom. The second-order valence-corrected chi connectivity index (χ2v) is 6.54. The van der Waals surface area contributed by atoms with Crippen molar-refractivity contribution in [2.75, 3.05) is 18.5 Å². The molecular formula is C20H25N3O3. The summed E-state index contributed by atoms with van der Waals surface area (Å²) in [6.45, 7) is 3.10. The smallest absolute Gasteiger partial charge is 0.338 e. The van der Waals surface area contributed by atoms with Crippen LogP contribution in [0, 0.1) is 0 Å². The van der Waals surface area contributed by atoms with Crippen LogP contribution in [-0.4, -0.2) is 34.6 Å². The number of nitrogens with zero attached hydrogens (tertiary/aromatic N) is 2. The quantitative estimate of drug-likeness (QED) is 0.826. The Morgan fingerprint density at radius 3 is 2.65 bits per heavy atom. The minimum absolute atomic E-state index is 0.0956. The topological polar surface area (TPSA) is 63.6 Å². The molecule has 2 heterocycles. The second kappa shape index (κ2) is 8.08. The van der Waals surface area contributed by atoms with Crippen LogP contribution in [0.1, 0.15) is 48.3 Å². The monoisotopic (exact) mass is 355 g/mol. The molecule has 1 aromatic carbocycles. The van der Waals surface area contributed by atoms with E-state index < -0.39 is 0 Å². The molecule has 1 saturated heterocycles. The van der Waals surface area contributed by atoms with Crippen LogP contribution >= 0.6 is 0 Å². The average molecular weight is 355 g/mol. The lowest BCUT2D eigenvalue weighted by atomic mass is 10.1. The maximum absolute atomic E-state index is 12.7. The number of urea groups is 1. The molecule has 26 heavy (non-hydrogen) atoms. The van der Waals surface area contributed by atoms with Crippen molar-refractivity contribution in [2.24, 2.45) is 7.05 Å². The van der Waals surface area contributed by atoms with E-state index in [1.54, 1.807) is 24.3 Å². The van der Waals surface area contributed by atoms with E-state index in [0.717, 1.165) is 31.5 Å². The predicted molar refractivity (Wildman–Crippen MR) is 100 cm³/mol. The summed E-state index contributed by atoms with van der Waals surface area (Å²) in [6, 6.07) is 10.8. The van der Waals surface area contributed by atoms with Gasteiger partial charge in [-0.25, -0.2) is 9.59 Å². The van der Waals surface area contributed by atoms with Crippen LogP contribution in [0.25, 0.3) is 0 Å². The Morgan fingerprint density at radius 1 is 1.23 bits per heavy atom. The van der Waals surface area contributed by atoms with Gasteiger partial charge in [0.25, 0.3) is 0 Å². The molecule has 1 aromatic heterocycles. The second-order valence-electron chi connectivity index (χ2n) is 6.54. The summed E-state index contributed by atoms with van der Waals surface area (Å²) in [5.74, 6) is -0.340. The van der Waals surface area contributed by atoms with E-state index in [1.807, 2.05) is 31.1 Å². The van der Waals surface area contributed by atoms with Gasteiger partial charge < -0.3 is 19.5 Å². The molecule has 1 N–H and O–H groups in total. The van der Waals surface area contributed by atoms with E-state index in [2.05, 4.69) is 16.0 Å². The summed E-state index contributed by atoms with van der Waals surface area (Å²) >= 11 is 0. The summed E-state index contributed by atoms with van der Waals surface area (Å²) in [4.78, 5) is 26.4. The Labute approximate surface area is 153 Å². The molecule has 1 atom stereocenters. The number of anilines is 1. The summed E-state index contributed by atoms with van der Waals surface area (Å²) in [5, 5.41) is 2.93. The summed E-state index contributed by atoms with van der Waals surface area (Å²) in [5.41, 5.74) is 2.30. The summed E-state index contributed by atoms with van der Waals surface area (Å²) in [6.07, 6.45) is 4.75. The van der Waals surface area contributed by atoms with E-state index in [0.29, 0.717) is 17.9 Å². The molecule has 0 spiro atoms. The van der Waals surface area contributed by atoms with Gasteiger partial charge in [0.15, 0.2) is 0 Å². The molecule has 3 rings (SSSR count). The fraction of sp³-hybridized carbons (Fsp3) is 0.400. The zero-order valence-corrected chi connectivity index (χ0v) is 15.3. The zero-order chi connectivity index (χ0) is 18.5. The van der Waals surface area contributed by atoms with Gasteiger partial charge in [-0.2, -0.15) is 0 Å². The number of carbonyl (C=O) groups excluding carboxylic acids is 2. The van der Waals surface area contributed by atoms with Gasteiger partial charge in [0.1, 0.15) is 0 Å². The normalized spacial score (nSPS) is 16.5. The highest BCUT2D eigenvalue weighted by atomic mass is 16.5. The maximum atomic E-state index is 12.7. The van der Waals surface area contributed by atoms with Crippen molar-refractivity contribution in [1.82, 2.24) is 9.47 Å². The number of hydrogen-bond donors (Lipinski definition) is 1. The van der Waals surface area contributed by atoms with Crippen molar-refractivity contribution in [3.05, 3.63) is 53.9 Å². The van der Waals surface area contributed by atoms with Crippen LogP contribution in [0.5, 0.6) is 0 Å². The molecule has 6 nitrogen and oxygen atoms in total. The molecule has 1 aliphatic heterocycles. The first-order chi connectivity index (χ1) is 12.6. The number of amides is 2. The van der Waals surface area contributed by atoms with Crippen LogP contribution in [0.4, 0.5) is 10.5 Å². The van der Waals surface area contributed by atoms with E-state index in [9.17, 15) is 9.59 Å². The van der Waals surface area contributed by atoms with E-state index in [4.69, 9.17) is 4.74 Å². The van der Waals surface area contributed by atoms with Crippen molar-refractivity contribution in [2.45, 2.75) is 32.2 Å². The van der Waals surface area contributed by atoms with Crippen LogP contribution in [0.15, 0.2) is 42.6 Å². The summed E-state index contributed by atoms with van der Waals surface area (Å²) < 4.78 is 7.17. The third kappa shape index (κ3) is 3.90. The number of aromatic nitrogens is 1. The van der Waals surface area contributed by atoms with Crippen LogP contribution in [0.3, 0.4) is 0 Å². The number of carbonyl (C=O) groups is 2. The molecule has 0 bridgehead atoms. The molecular weight excluding hydrogens is 330 g/mol. The molecule has 1 fully saturated rings. The van der Waals surface area contributed by atoms with Crippen LogP contribution < -0.4 is 5.32 Å². The molecule has 0 unspecified atom stereocenters. The van der Waals surface area contributed by atoms with Gasteiger partial charge in [-0.1, -0.05) is 6.92 Å². The summed E-state index contributed by atoms with van der Waals surface area (Å²) in [7, 11) is 2.00. The van der Waals surface area contributed by atoms with Gasteiger partial charge >= 0.3 is 12.0 Å². The molecule has 1 aliphatic rings. The fourth-order valence-electron chi connectivity index (χ4n) is 3.30.